The maximum atomic E-state index is 13.6. The van der Waals surface area contributed by atoms with Crippen molar-refractivity contribution in [2.75, 3.05) is 6.16 Å². The Morgan fingerprint density at radius 3 is 1.58 bits per heavy atom. The van der Waals surface area contributed by atoms with Crippen LogP contribution in [-0.4, -0.2) is 6.16 Å². The quantitative estimate of drug-likeness (QED) is 0.148. The van der Waals surface area contributed by atoms with Crippen LogP contribution in [0.3, 0.4) is 0 Å². The molecule has 31 heavy (non-hydrogen) atoms. The Morgan fingerprint density at radius 1 is 0.710 bits per heavy atom. The lowest BCUT2D eigenvalue weighted by molar-refractivity contribution is -0.138. The van der Waals surface area contributed by atoms with E-state index < -0.39 is 35.3 Å². The summed E-state index contributed by atoms with van der Waals surface area (Å²) < 4.78 is 81.7. The first kappa shape index (κ1) is 26.1. The molecule has 2 rings (SSSR count). The minimum Gasteiger partial charge on any atom is -0.166 e. The van der Waals surface area contributed by atoms with E-state index in [1.807, 2.05) is 0 Å². The zero-order valence-electron chi connectivity index (χ0n) is 16.7. The predicted molar refractivity (Wildman–Crippen MR) is 121 cm³/mol. The molecule has 0 N–H and O–H groups in total. The standard InChI is InChI=1S/C22H23F6PS2/c23-21(24,25)19-13-7-5-11-17(19)16(10-4-2-1-3-9-15-29(30)31)18-12-6-8-14-20(18)22(26,27)28/h5-8,11-14,16H,1-4,9-10,15H2/p+1. The van der Waals surface area contributed by atoms with Crippen LogP contribution in [0, 0.1) is 0 Å². The molecule has 170 valence electrons. The van der Waals surface area contributed by atoms with Crippen LogP contribution in [0.5, 0.6) is 0 Å². The van der Waals surface area contributed by atoms with Crippen molar-refractivity contribution in [3.63, 3.8) is 0 Å². The van der Waals surface area contributed by atoms with E-state index in [4.69, 9.17) is 11.8 Å². The summed E-state index contributed by atoms with van der Waals surface area (Å²) in [6, 6.07) is 9.85. The van der Waals surface area contributed by atoms with Gasteiger partial charge in [-0.25, -0.2) is 0 Å². The van der Waals surface area contributed by atoms with Gasteiger partial charge in [0.2, 0.25) is 5.90 Å². The van der Waals surface area contributed by atoms with Crippen molar-refractivity contribution < 1.29 is 26.3 Å². The molecule has 0 aliphatic rings. The molecule has 0 aromatic heterocycles. The highest BCUT2D eigenvalue weighted by Crippen LogP contribution is 2.43. The molecule has 0 amide bonds. The number of hydrogen-bond donors (Lipinski definition) is 1. The average Bonchev–Trinajstić information content (AvgIpc) is 2.69. The third-order valence-electron chi connectivity index (χ3n) is 5.13. The normalized spacial score (nSPS) is 13.0. The van der Waals surface area contributed by atoms with Gasteiger partial charge < -0.3 is 0 Å². The number of halogens is 6. The van der Waals surface area contributed by atoms with Gasteiger partial charge >= 0.3 is 12.4 Å². The van der Waals surface area contributed by atoms with Crippen LogP contribution in [0.2, 0.25) is 0 Å². The van der Waals surface area contributed by atoms with E-state index in [2.05, 4.69) is 12.2 Å². The summed E-state index contributed by atoms with van der Waals surface area (Å²) in [5, 5.41) is 0. The van der Waals surface area contributed by atoms with Gasteiger partial charge in [0.25, 0.3) is 0 Å². The third kappa shape index (κ3) is 8.07. The summed E-state index contributed by atoms with van der Waals surface area (Å²) in [6.45, 7) is 0. The Morgan fingerprint density at radius 2 is 1.13 bits per heavy atom. The van der Waals surface area contributed by atoms with Gasteiger partial charge in [0.1, 0.15) is 6.16 Å². The minimum absolute atomic E-state index is 0.112. The van der Waals surface area contributed by atoms with Gasteiger partial charge in [0.05, 0.1) is 23.4 Å². The molecule has 0 aliphatic carbocycles. The fourth-order valence-electron chi connectivity index (χ4n) is 3.72. The maximum absolute atomic E-state index is 13.6. The lowest BCUT2D eigenvalue weighted by atomic mass is 9.82. The summed E-state index contributed by atoms with van der Waals surface area (Å²) in [7, 11) is 0. The summed E-state index contributed by atoms with van der Waals surface area (Å²) in [5.41, 5.74) is -1.99. The van der Waals surface area contributed by atoms with Crippen molar-refractivity contribution in [3.8, 4) is 0 Å². The topological polar surface area (TPSA) is 0 Å². The molecule has 0 spiro atoms. The Balaban J connectivity index is 2.30. The molecule has 0 radical (unpaired) electrons. The third-order valence-corrected chi connectivity index (χ3v) is 6.97. The van der Waals surface area contributed by atoms with Gasteiger partial charge in [0, 0.05) is 5.92 Å². The van der Waals surface area contributed by atoms with Gasteiger partial charge in [-0.3, -0.25) is 0 Å². The molecule has 2 aromatic rings. The first-order valence-corrected chi connectivity index (χ1v) is 13.7. The van der Waals surface area contributed by atoms with Crippen molar-refractivity contribution in [1.29, 1.82) is 0 Å². The van der Waals surface area contributed by atoms with Gasteiger partial charge in [-0.05, 0) is 42.5 Å². The molecule has 0 saturated carbocycles. The highest BCUT2D eigenvalue weighted by Gasteiger charge is 2.39. The molecule has 0 heterocycles. The van der Waals surface area contributed by atoms with E-state index in [-0.39, 0.29) is 17.5 Å². The fraction of sp³-hybridized carbons (Fsp3) is 0.455. The number of unbranched alkanes of at least 4 members (excludes halogenated alkanes) is 4. The summed E-state index contributed by atoms with van der Waals surface area (Å²) >= 11 is 9.26. The number of hydrogen-bond acceptors (Lipinski definition) is 1. The molecule has 0 nitrogen and oxygen atoms in total. The van der Waals surface area contributed by atoms with E-state index in [1.165, 1.54) is 36.4 Å². The van der Waals surface area contributed by atoms with E-state index in [0.29, 0.717) is 6.42 Å². The zero-order chi connectivity index (χ0) is 23.1. The monoisotopic (exact) mass is 497 g/mol. The SMILES string of the molecule is FC(F)(F)c1ccccc1C(CCCCCCC[P+](=S)S)c1ccccc1C(F)(F)F. The van der Waals surface area contributed by atoms with Gasteiger partial charge in [-0.2, -0.15) is 26.3 Å². The number of alkyl halides is 6. The smallest absolute Gasteiger partial charge is 0.166 e. The van der Waals surface area contributed by atoms with Crippen LogP contribution in [0.15, 0.2) is 48.5 Å². The second kappa shape index (κ2) is 11.7. The van der Waals surface area contributed by atoms with Gasteiger partial charge in [-0.1, -0.05) is 55.7 Å². The van der Waals surface area contributed by atoms with Crippen molar-refractivity contribution in [2.24, 2.45) is 0 Å². The van der Waals surface area contributed by atoms with Crippen LogP contribution in [-0.2, 0) is 24.2 Å². The Labute approximate surface area is 190 Å². The van der Waals surface area contributed by atoms with Gasteiger partial charge in [-0.15, -0.1) is 0 Å². The molecular weight excluding hydrogens is 473 g/mol. The summed E-state index contributed by atoms with van der Waals surface area (Å²) in [6.07, 6.45) is -4.20. The van der Waals surface area contributed by atoms with Crippen LogP contribution in [0.4, 0.5) is 26.3 Å². The highest BCUT2D eigenvalue weighted by molar-refractivity contribution is 8.56. The molecule has 9 heteroatoms. The van der Waals surface area contributed by atoms with Crippen molar-refractivity contribution in [1.82, 2.24) is 0 Å². The lowest BCUT2D eigenvalue weighted by Gasteiger charge is -2.25. The molecule has 0 saturated heterocycles. The molecule has 1 unspecified atom stereocenters. The van der Waals surface area contributed by atoms with E-state index >= 15 is 0 Å². The number of rotatable bonds is 10. The number of benzene rings is 2. The van der Waals surface area contributed by atoms with Crippen LogP contribution in [0.1, 0.15) is 66.7 Å². The van der Waals surface area contributed by atoms with Crippen molar-refractivity contribution >= 4 is 30.0 Å². The van der Waals surface area contributed by atoms with Crippen LogP contribution < -0.4 is 0 Å². The highest BCUT2D eigenvalue weighted by atomic mass is 32.9. The molecule has 2 aromatic carbocycles. The van der Waals surface area contributed by atoms with Crippen LogP contribution >= 0.6 is 18.1 Å². The zero-order valence-corrected chi connectivity index (χ0v) is 19.3. The van der Waals surface area contributed by atoms with E-state index in [0.717, 1.165) is 44.0 Å². The first-order chi connectivity index (χ1) is 14.5. The largest absolute Gasteiger partial charge is 0.416 e. The lowest BCUT2D eigenvalue weighted by Crippen LogP contribution is -2.17. The number of thiol groups is 1. The average molecular weight is 498 g/mol. The first-order valence-electron chi connectivity index (χ1n) is 9.97. The Kier molecular flexibility index (Phi) is 9.84. The molecule has 1 atom stereocenters. The molecule has 0 bridgehead atoms. The van der Waals surface area contributed by atoms with Crippen molar-refractivity contribution in [2.45, 2.75) is 56.8 Å². The van der Waals surface area contributed by atoms with Crippen LogP contribution in [0.25, 0.3) is 0 Å². The van der Waals surface area contributed by atoms with Gasteiger partial charge in [0.15, 0.2) is 11.8 Å². The fourth-order valence-corrected chi connectivity index (χ4v) is 5.03. The minimum atomic E-state index is -4.64. The Hall–Kier alpha value is -1.11. The molecule has 0 aliphatic heterocycles. The molecule has 0 fully saturated rings. The van der Waals surface area contributed by atoms with E-state index in [9.17, 15) is 26.3 Å². The Bertz CT molecular complexity index is 806. The second-order valence-corrected chi connectivity index (χ2v) is 12.1. The summed E-state index contributed by atoms with van der Waals surface area (Å²) in [4.78, 5) is 0. The predicted octanol–water partition coefficient (Wildman–Crippen LogP) is 8.99. The van der Waals surface area contributed by atoms with E-state index in [1.54, 1.807) is 0 Å². The second-order valence-electron chi connectivity index (χ2n) is 7.35. The van der Waals surface area contributed by atoms with Crippen molar-refractivity contribution in [3.05, 3.63) is 70.8 Å². The molecular formula is C22H24F6PS2+. The summed E-state index contributed by atoms with van der Waals surface area (Å²) in [5.74, 6) is -1.65. The maximum Gasteiger partial charge on any atom is 0.416 e.